The van der Waals surface area contributed by atoms with Crippen LogP contribution in [0.25, 0.3) is 0 Å². The van der Waals surface area contributed by atoms with Crippen LogP contribution in [0.3, 0.4) is 0 Å². The molecule has 3 fully saturated rings. The van der Waals surface area contributed by atoms with Crippen molar-refractivity contribution in [3.8, 4) is 5.75 Å². The second-order valence-corrected chi connectivity index (χ2v) is 10.6. The average molecular weight is 382 g/mol. The number of benzene rings is 1. The Kier molecular flexibility index (Phi) is 4.58. The zero-order valence-corrected chi connectivity index (χ0v) is 17.5. The third kappa shape index (κ3) is 3.10. The quantitative estimate of drug-likeness (QED) is 0.803. The maximum Gasteiger partial charge on any atom is 0.136 e. The summed E-state index contributed by atoms with van der Waals surface area (Å²) in [6, 6.07) is 6.55. The Morgan fingerprint density at radius 3 is 2.86 bits per heavy atom. The van der Waals surface area contributed by atoms with Gasteiger partial charge in [-0.05, 0) is 86.1 Å². The first-order chi connectivity index (χ1) is 13.5. The molecule has 3 nitrogen and oxygen atoms in total. The Morgan fingerprint density at radius 2 is 2.11 bits per heavy atom. The molecule has 0 amide bonds. The molecule has 1 saturated heterocycles. The number of hydrogen-bond acceptors (Lipinski definition) is 3. The van der Waals surface area contributed by atoms with Crippen molar-refractivity contribution in [1.29, 1.82) is 0 Å². The summed E-state index contributed by atoms with van der Waals surface area (Å²) in [4.78, 5) is 16.0. The van der Waals surface area contributed by atoms with Gasteiger partial charge < -0.3 is 5.11 Å². The van der Waals surface area contributed by atoms with Gasteiger partial charge >= 0.3 is 0 Å². The molecule has 0 aromatic heterocycles. The minimum atomic E-state index is -0.0253. The molecule has 3 aliphatic carbocycles. The number of aromatic hydroxyl groups is 1. The highest BCUT2D eigenvalue weighted by Crippen LogP contribution is 2.57. The van der Waals surface area contributed by atoms with Gasteiger partial charge in [0, 0.05) is 30.3 Å². The first-order valence-electron chi connectivity index (χ1n) is 11.6. The molecule has 0 radical (unpaired) electrons. The Balaban J connectivity index is 1.50. The lowest BCUT2D eigenvalue weighted by molar-refractivity contribution is -0.133. The lowest BCUT2D eigenvalue weighted by atomic mass is 9.50. The smallest absolute Gasteiger partial charge is 0.136 e. The Hall–Kier alpha value is -1.35. The summed E-state index contributed by atoms with van der Waals surface area (Å²) >= 11 is 0. The number of hydrogen-bond donors (Lipinski definition) is 1. The molecule has 2 bridgehead atoms. The van der Waals surface area contributed by atoms with E-state index in [1.54, 1.807) is 0 Å². The summed E-state index contributed by atoms with van der Waals surface area (Å²) in [5.41, 5.74) is 2.66. The molecule has 28 heavy (non-hydrogen) atoms. The summed E-state index contributed by atoms with van der Waals surface area (Å²) in [6.45, 7) is 6.91. The standard InChI is InChI=1S/C25H35NO2/c1-16(2)3-6-19-11-22-23-12-18-7-8-20(27)13-21(18)25(22,14-24(19)28)9-10-26(23)15-17-4-5-17/h7-8,13,16-17,19,22-23,27H,3-6,9-12,14-15H2,1-2H3/t19-,22-,23+,25+/m0/s1. The van der Waals surface area contributed by atoms with Crippen LogP contribution in [0.5, 0.6) is 5.75 Å². The molecule has 2 saturated carbocycles. The van der Waals surface area contributed by atoms with Crippen molar-refractivity contribution < 1.29 is 9.90 Å². The zero-order valence-electron chi connectivity index (χ0n) is 17.5. The lowest BCUT2D eigenvalue weighted by Gasteiger charge is -2.59. The number of Topliss-reactive ketones (excluding diaryl/α,β-unsaturated/α-hetero) is 1. The number of carbonyl (C=O) groups is 1. The van der Waals surface area contributed by atoms with Gasteiger partial charge in [0.1, 0.15) is 11.5 Å². The maximum atomic E-state index is 13.2. The Bertz CT molecular complexity index is 768. The van der Waals surface area contributed by atoms with Crippen molar-refractivity contribution >= 4 is 5.78 Å². The summed E-state index contributed by atoms with van der Waals surface area (Å²) in [5, 5.41) is 10.2. The predicted molar refractivity (Wildman–Crippen MR) is 111 cm³/mol. The van der Waals surface area contributed by atoms with Crippen LogP contribution in [-0.4, -0.2) is 34.9 Å². The lowest BCUT2D eigenvalue weighted by Crippen LogP contribution is -2.63. The normalized spacial score (nSPS) is 35.0. The SMILES string of the molecule is CC(C)CC[C@H]1C[C@H]2[C@H]3Cc4ccc(O)cc4[C@@]2(CCN3CC2CC2)CC1=O. The Labute approximate surface area is 169 Å². The second kappa shape index (κ2) is 6.86. The summed E-state index contributed by atoms with van der Waals surface area (Å²) < 4.78 is 0. The number of carbonyl (C=O) groups excluding carboxylic acids is 1. The first kappa shape index (κ1) is 18.7. The van der Waals surface area contributed by atoms with Gasteiger partial charge in [0.15, 0.2) is 0 Å². The van der Waals surface area contributed by atoms with E-state index in [0.717, 1.165) is 44.6 Å². The van der Waals surface area contributed by atoms with E-state index in [4.69, 9.17) is 0 Å². The molecule has 4 atom stereocenters. The number of fused-ring (bicyclic) bond motifs is 1. The highest BCUT2D eigenvalue weighted by Gasteiger charge is 2.57. The molecule has 5 rings (SSSR count). The number of rotatable bonds is 5. The van der Waals surface area contributed by atoms with Crippen molar-refractivity contribution in [2.24, 2.45) is 23.7 Å². The Morgan fingerprint density at radius 1 is 1.29 bits per heavy atom. The number of ketones is 1. The number of phenols is 1. The molecule has 1 aromatic carbocycles. The molecule has 1 heterocycles. The third-order valence-electron chi connectivity index (χ3n) is 8.31. The van der Waals surface area contributed by atoms with Gasteiger partial charge in [0.05, 0.1) is 0 Å². The van der Waals surface area contributed by atoms with Gasteiger partial charge in [-0.3, -0.25) is 9.69 Å². The topological polar surface area (TPSA) is 40.5 Å². The van der Waals surface area contributed by atoms with Crippen LogP contribution in [0.4, 0.5) is 0 Å². The minimum Gasteiger partial charge on any atom is -0.508 e. The van der Waals surface area contributed by atoms with E-state index in [-0.39, 0.29) is 11.3 Å². The van der Waals surface area contributed by atoms with E-state index < -0.39 is 0 Å². The second-order valence-electron chi connectivity index (χ2n) is 10.6. The third-order valence-corrected chi connectivity index (χ3v) is 8.31. The van der Waals surface area contributed by atoms with Gasteiger partial charge in [-0.25, -0.2) is 0 Å². The minimum absolute atomic E-state index is 0.0253. The molecular weight excluding hydrogens is 346 g/mol. The molecule has 1 N–H and O–H groups in total. The largest absolute Gasteiger partial charge is 0.508 e. The summed E-state index contributed by atoms with van der Waals surface area (Å²) in [5.74, 6) is 3.25. The van der Waals surface area contributed by atoms with Crippen LogP contribution in [0.1, 0.15) is 69.9 Å². The number of phenolic OH excluding ortho intramolecular Hbond substituents is 1. The van der Waals surface area contributed by atoms with Gasteiger partial charge in [0.25, 0.3) is 0 Å². The summed E-state index contributed by atoms with van der Waals surface area (Å²) in [6.07, 6.45) is 8.96. The van der Waals surface area contributed by atoms with Crippen LogP contribution >= 0.6 is 0 Å². The monoisotopic (exact) mass is 381 g/mol. The number of nitrogens with zero attached hydrogens (tertiary/aromatic N) is 1. The van der Waals surface area contributed by atoms with Gasteiger partial charge in [0.2, 0.25) is 0 Å². The van der Waals surface area contributed by atoms with E-state index in [2.05, 4.69) is 24.8 Å². The van der Waals surface area contributed by atoms with Crippen LogP contribution in [0, 0.1) is 23.7 Å². The molecule has 1 aromatic rings. The van der Waals surface area contributed by atoms with Crippen LogP contribution in [-0.2, 0) is 16.6 Å². The van der Waals surface area contributed by atoms with Gasteiger partial charge in [-0.1, -0.05) is 26.3 Å². The molecule has 0 spiro atoms. The van der Waals surface area contributed by atoms with Crippen LogP contribution < -0.4 is 0 Å². The molecular formula is C25H35NO2. The van der Waals surface area contributed by atoms with E-state index >= 15 is 0 Å². The van der Waals surface area contributed by atoms with E-state index in [1.807, 2.05) is 12.1 Å². The van der Waals surface area contributed by atoms with E-state index in [9.17, 15) is 9.90 Å². The zero-order chi connectivity index (χ0) is 19.5. The highest BCUT2D eigenvalue weighted by atomic mass is 16.3. The van der Waals surface area contributed by atoms with Gasteiger partial charge in [-0.15, -0.1) is 0 Å². The average Bonchev–Trinajstić information content (AvgIpc) is 3.47. The number of likely N-dealkylation sites (tertiary alicyclic amines) is 1. The van der Waals surface area contributed by atoms with Crippen LogP contribution in [0.15, 0.2) is 18.2 Å². The predicted octanol–water partition coefficient (Wildman–Crippen LogP) is 4.70. The fourth-order valence-electron chi connectivity index (χ4n) is 6.62. The molecule has 4 aliphatic rings. The van der Waals surface area contributed by atoms with Crippen molar-refractivity contribution in [1.82, 2.24) is 4.90 Å². The maximum absolute atomic E-state index is 13.2. The van der Waals surface area contributed by atoms with Crippen molar-refractivity contribution in [3.05, 3.63) is 29.3 Å². The highest BCUT2D eigenvalue weighted by molar-refractivity contribution is 5.84. The van der Waals surface area contributed by atoms with Crippen molar-refractivity contribution in [2.75, 3.05) is 13.1 Å². The van der Waals surface area contributed by atoms with E-state index in [0.29, 0.717) is 35.8 Å². The van der Waals surface area contributed by atoms with Crippen molar-refractivity contribution in [3.63, 3.8) is 0 Å². The van der Waals surface area contributed by atoms with Crippen molar-refractivity contribution in [2.45, 2.75) is 76.7 Å². The van der Waals surface area contributed by atoms with Gasteiger partial charge in [-0.2, -0.15) is 0 Å². The first-order valence-corrected chi connectivity index (χ1v) is 11.6. The molecule has 3 heteroatoms. The van der Waals surface area contributed by atoms with Crippen LogP contribution in [0.2, 0.25) is 0 Å². The fraction of sp³-hybridized carbons (Fsp3) is 0.720. The number of piperidine rings is 1. The molecule has 0 unspecified atom stereocenters. The fourth-order valence-corrected chi connectivity index (χ4v) is 6.62. The van der Waals surface area contributed by atoms with E-state index in [1.165, 1.54) is 30.5 Å². The summed E-state index contributed by atoms with van der Waals surface area (Å²) in [7, 11) is 0. The molecule has 1 aliphatic heterocycles. The molecule has 152 valence electrons.